The van der Waals surface area contributed by atoms with Crippen molar-refractivity contribution in [3.8, 4) is 0 Å². The first kappa shape index (κ1) is 15.9. The number of carbonyl (C=O) groups is 1. The summed E-state index contributed by atoms with van der Waals surface area (Å²) in [6.45, 7) is 2.89. The number of amides is 1. The standard InChI is InChI=1S/C17H16ClN3OS/c1-2-21-15-9-4-3-8-14(15)20-17(21)23-11-16(22)19-13-7-5-6-12(18)10-13/h3-10H,2,11H2,1H3,(H,19,22). The van der Waals surface area contributed by atoms with E-state index in [0.29, 0.717) is 16.5 Å². The van der Waals surface area contributed by atoms with Crippen molar-refractivity contribution >= 4 is 46.0 Å². The highest BCUT2D eigenvalue weighted by atomic mass is 35.5. The third kappa shape index (κ3) is 3.68. The summed E-state index contributed by atoms with van der Waals surface area (Å²) in [4.78, 5) is 16.7. The first-order valence-electron chi connectivity index (χ1n) is 7.31. The molecule has 23 heavy (non-hydrogen) atoms. The van der Waals surface area contributed by atoms with Gasteiger partial charge in [0.25, 0.3) is 0 Å². The average molecular weight is 346 g/mol. The van der Waals surface area contributed by atoms with Crippen molar-refractivity contribution < 1.29 is 4.79 Å². The second-order valence-corrected chi connectivity index (χ2v) is 6.35. The molecule has 0 aliphatic heterocycles. The number of nitrogens with one attached hydrogen (secondary N) is 1. The Labute approximate surface area is 143 Å². The van der Waals surface area contributed by atoms with Crippen molar-refractivity contribution in [1.29, 1.82) is 0 Å². The summed E-state index contributed by atoms with van der Waals surface area (Å²) in [5.74, 6) is 0.225. The topological polar surface area (TPSA) is 46.9 Å². The van der Waals surface area contributed by atoms with Crippen LogP contribution >= 0.6 is 23.4 Å². The fourth-order valence-electron chi connectivity index (χ4n) is 2.36. The van der Waals surface area contributed by atoms with E-state index in [0.717, 1.165) is 22.7 Å². The smallest absolute Gasteiger partial charge is 0.234 e. The summed E-state index contributed by atoms with van der Waals surface area (Å²) < 4.78 is 2.12. The van der Waals surface area contributed by atoms with Gasteiger partial charge in [-0.15, -0.1) is 0 Å². The lowest BCUT2D eigenvalue weighted by molar-refractivity contribution is -0.113. The van der Waals surface area contributed by atoms with Crippen LogP contribution in [0.5, 0.6) is 0 Å². The van der Waals surface area contributed by atoms with E-state index in [4.69, 9.17) is 11.6 Å². The van der Waals surface area contributed by atoms with Gasteiger partial charge in [-0.2, -0.15) is 0 Å². The van der Waals surface area contributed by atoms with E-state index in [-0.39, 0.29) is 5.91 Å². The van der Waals surface area contributed by atoms with E-state index >= 15 is 0 Å². The third-order valence-electron chi connectivity index (χ3n) is 3.38. The van der Waals surface area contributed by atoms with E-state index < -0.39 is 0 Å². The minimum absolute atomic E-state index is 0.0769. The Morgan fingerprint density at radius 3 is 2.87 bits per heavy atom. The lowest BCUT2D eigenvalue weighted by Gasteiger charge is -2.07. The number of rotatable bonds is 5. The van der Waals surface area contributed by atoms with Gasteiger partial charge >= 0.3 is 0 Å². The molecule has 2 aromatic carbocycles. The number of para-hydroxylation sites is 2. The van der Waals surface area contributed by atoms with Crippen molar-refractivity contribution in [3.63, 3.8) is 0 Å². The highest BCUT2D eigenvalue weighted by Gasteiger charge is 2.11. The zero-order chi connectivity index (χ0) is 16.2. The number of imidazole rings is 1. The molecule has 118 valence electrons. The van der Waals surface area contributed by atoms with Crippen LogP contribution in [0, 0.1) is 0 Å². The molecule has 0 bridgehead atoms. The molecule has 1 amide bonds. The molecule has 1 N–H and O–H groups in total. The molecule has 0 saturated carbocycles. The van der Waals surface area contributed by atoms with Gasteiger partial charge in [-0.3, -0.25) is 4.79 Å². The molecule has 3 rings (SSSR count). The number of thioether (sulfide) groups is 1. The normalized spacial score (nSPS) is 10.9. The Kier molecular flexibility index (Phi) is 4.88. The molecule has 3 aromatic rings. The summed E-state index contributed by atoms with van der Waals surface area (Å²) in [7, 11) is 0. The van der Waals surface area contributed by atoms with Gasteiger partial charge in [0.1, 0.15) is 0 Å². The lowest BCUT2D eigenvalue weighted by Crippen LogP contribution is -2.14. The maximum atomic E-state index is 12.1. The molecule has 0 spiro atoms. The van der Waals surface area contributed by atoms with E-state index in [1.54, 1.807) is 12.1 Å². The third-order valence-corrected chi connectivity index (χ3v) is 4.59. The Morgan fingerprint density at radius 2 is 2.09 bits per heavy atom. The van der Waals surface area contributed by atoms with Crippen molar-refractivity contribution in [2.75, 3.05) is 11.1 Å². The van der Waals surface area contributed by atoms with Crippen LogP contribution in [0.2, 0.25) is 5.02 Å². The molecule has 1 heterocycles. The van der Waals surface area contributed by atoms with E-state index in [1.165, 1.54) is 11.8 Å². The number of aryl methyl sites for hydroxylation is 1. The number of halogens is 1. The predicted octanol–water partition coefficient (Wildman–Crippen LogP) is 4.44. The molecule has 0 aliphatic carbocycles. The van der Waals surface area contributed by atoms with E-state index in [9.17, 15) is 4.79 Å². The highest BCUT2D eigenvalue weighted by molar-refractivity contribution is 7.99. The van der Waals surface area contributed by atoms with Crippen LogP contribution in [0.4, 0.5) is 5.69 Å². The van der Waals surface area contributed by atoms with Crippen LogP contribution in [-0.4, -0.2) is 21.2 Å². The molecule has 0 unspecified atom stereocenters. The molecule has 0 fully saturated rings. The van der Waals surface area contributed by atoms with Gasteiger partial charge in [0.2, 0.25) is 5.91 Å². The summed E-state index contributed by atoms with van der Waals surface area (Å²) in [5.41, 5.74) is 2.74. The SMILES string of the molecule is CCn1c(SCC(=O)Nc2cccc(Cl)c2)nc2ccccc21. The minimum atomic E-state index is -0.0769. The monoisotopic (exact) mass is 345 g/mol. The molecule has 0 radical (unpaired) electrons. The van der Waals surface area contributed by atoms with Gasteiger partial charge in [0.05, 0.1) is 16.8 Å². The Hall–Kier alpha value is -1.98. The summed E-state index contributed by atoms with van der Waals surface area (Å²) in [6, 6.07) is 15.1. The number of anilines is 1. The Morgan fingerprint density at radius 1 is 1.26 bits per heavy atom. The number of aromatic nitrogens is 2. The number of carbonyl (C=O) groups excluding carboxylic acids is 1. The van der Waals surface area contributed by atoms with Crippen molar-refractivity contribution in [3.05, 3.63) is 53.6 Å². The lowest BCUT2D eigenvalue weighted by atomic mass is 10.3. The molecule has 1 aromatic heterocycles. The molecule has 4 nitrogen and oxygen atoms in total. The highest BCUT2D eigenvalue weighted by Crippen LogP contribution is 2.24. The fraction of sp³-hybridized carbons (Fsp3) is 0.176. The molecule has 0 aliphatic rings. The first-order valence-corrected chi connectivity index (χ1v) is 8.67. The average Bonchev–Trinajstić information content (AvgIpc) is 2.90. The van der Waals surface area contributed by atoms with Crippen molar-refractivity contribution in [1.82, 2.24) is 9.55 Å². The maximum Gasteiger partial charge on any atom is 0.234 e. The molecule has 6 heteroatoms. The van der Waals surface area contributed by atoms with Gasteiger partial charge in [-0.1, -0.05) is 41.6 Å². The van der Waals surface area contributed by atoms with Crippen LogP contribution in [0.15, 0.2) is 53.7 Å². The quantitative estimate of drug-likeness (QED) is 0.695. The van der Waals surface area contributed by atoms with Gasteiger partial charge in [-0.25, -0.2) is 4.98 Å². The van der Waals surface area contributed by atoms with Crippen molar-refractivity contribution in [2.24, 2.45) is 0 Å². The van der Waals surface area contributed by atoms with Crippen LogP contribution in [0.1, 0.15) is 6.92 Å². The van der Waals surface area contributed by atoms with Gasteiger partial charge < -0.3 is 9.88 Å². The van der Waals surface area contributed by atoms with Crippen LogP contribution < -0.4 is 5.32 Å². The van der Waals surface area contributed by atoms with E-state index in [1.807, 2.05) is 36.4 Å². The Bertz CT molecular complexity index is 847. The fourth-order valence-corrected chi connectivity index (χ4v) is 3.43. The predicted molar refractivity (Wildman–Crippen MR) is 96.2 cm³/mol. The largest absolute Gasteiger partial charge is 0.325 e. The summed E-state index contributed by atoms with van der Waals surface area (Å²) in [6.07, 6.45) is 0. The minimum Gasteiger partial charge on any atom is -0.325 e. The van der Waals surface area contributed by atoms with Gasteiger partial charge in [0.15, 0.2) is 5.16 Å². The summed E-state index contributed by atoms with van der Waals surface area (Å²) in [5, 5.41) is 4.30. The number of hydrogen-bond donors (Lipinski definition) is 1. The first-order chi connectivity index (χ1) is 11.2. The number of nitrogens with zero attached hydrogens (tertiary/aromatic N) is 2. The molecule has 0 saturated heterocycles. The van der Waals surface area contributed by atoms with Gasteiger partial charge in [0, 0.05) is 17.3 Å². The number of benzene rings is 2. The molecule has 0 atom stereocenters. The second-order valence-electron chi connectivity index (χ2n) is 4.97. The summed E-state index contributed by atoms with van der Waals surface area (Å²) >= 11 is 7.35. The van der Waals surface area contributed by atoms with Crippen LogP contribution in [0.25, 0.3) is 11.0 Å². The number of fused-ring (bicyclic) bond motifs is 1. The van der Waals surface area contributed by atoms with E-state index in [2.05, 4.69) is 21.8 Å². The van der Waals surface area contributed by atoms with Crippen LogP contribution in [-0.2, 0) is 11.3 Å². The second kappa shape index (κ2) is 7.06. The number of hydrogen-bond acceptors (Lipinski definition) is 3. The van der Waals surface area contributed by atoms with Gasteiger partial charge in [-0.05, 0) is 37.3 Å². The zero-order valence-corrected chi connectivity index (χ0v) is 14.2. The maximum absolute atomic E-state index is 12.1. The molecular formula is C17H16ClN3OS. The zero-order valence-electron chi connectivity index (χ0n) is 12.6. The Balaban J connectivity index is 1.69. The molecular weight excluding hydrogens is 330 g/mol. The van der Waals surface area contributed by atoms with Crippen molar-refractivity contribution in [2.45, 2.75) is 18.6 Å². The van der Waals surface area contributed by atoms with Crippen LogP contribution in [0.3, 0.4) is 0 Å².